The zero-order chi connectivity index (χ0) is 12.5. The average Bonchev–Trinajstić information content (AvgIpc) is 2.84. The Bertz CT molecular complexity index is 566. The zero-order valence-corrected chi connectivity index (χ0v) is 10.2. The SMILES string of the molecule is COc1ncnc2c1NCC(c1cnn(C)c1)N2. The maximum Gasteiger partial charge on any atom is 0.242 e. The van der Waals surface area contributed by atoms with Crippen molar-refractivity contribution < 1.29 is 4.74 Å². The Labute approximate surface area is 104 Å². The fraction of sp³-hybridized carbons (Fsp3) is 0.364. The number of aryl methyl sites for hydroxylation is 1. The highest BCUT2D eigenvalue weighted by molar-refractivity contribution is 5.72. The summed E-state index contributed by atoms with van der Waals surface area (Å²) in [7, 11) is 3.50. The lowest BCUT2D eigenvalue weighted by molar-refractivity contribution is 0.398. The van der Waals surface area contributed by atoms with Gasteiger partial charge in [0.2, 0.25) is 5.88 Å². The van der Waals surface area contributed by atoms with Gasteiger partial charge in [0.1, 0.15) is 12.0 Å². The summed E-state index contributed by atoms with van der Waals surface area (Å²) in [5, 5.41) is 10.8. The topological polar surface area (TPSA) is 76.9 Å². The molecule has 0 fully saturated rings. The Morgan fingerprint density at radius 1 is 1.44 bits per heavy atom. The first-order valence-corrected chi connectivity index (χ1v) is 5.66. The van der Waals surface area contributed by atoms with Gasteiger partial charge in [0.25, 0.3) is 0 Å². The van der Waals surface area contributed by atoms with Gasteiger partial charge in [-0.15, -0.1) is 0 Å². The molecule has 3 rings (SSSR count). The highest BCUT2D eigenvalue weighted by Crippen LogP contribution is 2.34. The summed E-state index contributed by atoms with van der Waals surface area (Å²) in [6, 6.07) is 0.144. The number of anilines is 2. The maximum absolute atomic E-state index is 5.19. The Kier molecular flexibility index (Phi) is 2.51. The molecule has 2 aromatic heterocycles. The molecule has 1 aliphatic rings. The molecule has 1 unspecified atom stereocenters. The van der Waals surface area contributed by atoms with Crippen molar-refractivity contribution in [2.24, 2.45) is 7.05 Å². The van der Waals surface area contributed by atoms with Gasteiger partial charge in [-0.25, -0.2) is 4.98 Å². The first kappa shape index (κ1) is 10.8. The van der Waals surface area contributed by atoms with Crippen LogP contribution in [0.25, 0.3) is 0 Å². The second-order valence-corrected chi connectivity index (χ2v) is 4.13. The minimum absolute atomic E-state index is 0.144. The number of nitrogens with zero attached hydrogens (tertiary/aromatic N) is 4. The van der Waals surface area contributed by atoms with Crippen LogP contribution in [0.4, 0.5) is 11.5 Å². The largest absolute Gasteiger partial charge is 0.479 e. The van der Waals surface area contributed by atoms with Crippen molar-refractivity contribution >= 4 is 11.5 Å². The first-order valence-electron chi connectivity index (χ1n) is 5.66. The van der Waals surface area contributed by atoms with Gasteiger partial charge in [-0.05, 0) is 0 Å². The lowest BCUT2D eigenvalue weighted by Crippen LogP contribution is -2.26. The van der Waals surface area contributed by atoms with Crippen LogP contribution in [0.3, 0.4) is 0 Å². The molecule has 0 saturated carbocycles. The number of ether oxygens (including phenoxy) is 1. The Hall–Kier alpha value is -2.31. The summed E-state index contributed by atoms with van der Waals surface area (Å²) < 4.78 is 6.97. The molecule has 2 aromatic rings. The van der Waals surface area contributed by atoms with E-state index in [1.807, 2.05) is 19.4 Å². The van der Waals surface area contributed by atoms with Crippen molar-refractivity contribution in [3.05, 3.63) is 24.3 Å². The third-order valence-electron chi connectivity index (χ3n) is 2.93. The van der Waals surface area contributed by atoms with Crippen LogP contribution in [0.1, 0.15) is 11.6 Å². The van der Waals surface area contributed by atoms with Crippen molar-refractivity contribution in [1.82, 2.24) is 19.7 Å². The Morgan fingerprint density at radius 3 is 3.06 bits per heavy atom. The maximum atomic E-state index is 5.19. The lowest BCUT2D eigenvalue weighted by Gasteiger charge is -2.27. The Morgan fingerprint density at radius 2 is 2.33 bits per heavy atom. The van der Waals surface area contributed by atoms with E-state index in [-0.39, 0.29) is 6.04 Å². The summed E-state index contributed by atoms with van der Waals surface area (Å²) in [5.41, 5.74) is 1.92. The normalized spacial score (nSPS) is 17.6. The van der Waals surface area contributed by atoms with Gasteiger partial charge in [0.05, 0.1) is 19.3 Å². The van der Waals surface area contributed by atoms with Gasteiger partial charge in [-0.1, -0.05) is 0 Å². The van der Waals surface area contributed by atoms with Crippen molar-refractivity contribution in [3.8, 4) is 5.88 Å². The standard InChI is InChI=1S/C11H14N6O/c1-17-5-7(3-15-17)8-4-12-9-10(16-8)13-6-14-11(9)18-2/h3,5-6,8,12H,4H2,1-2H3,(H,13,14,16). The molecule has 0 spiro atoms. The van der Waals surface area contributed by atoms with Gasteiger partial charge >= 0.3 is 0 Å². The van der Waals surface area contributed by atoms with Crippen LogP contribution in [0.15, 0.2) is 18.7 Å². The van der Waals surface area contributed by atoms with Gasteiger partial charge in [0, 0.05) is 25.4 Å². The molecule has 18 heavy (non-hydrogen) atoms. The van der Waals surface area contributed by atoms with Crippen LogP contribution in [0, 0.1) is 0 Å². The summed E-state index contributed by atoms with van der Waals surface area (Å²) in [5.74, 6) is 1.30. The van der Waals surface area contributed by atoms with Crippen LogP contribution in [0.2, 0.25) is 0 Å². The molecule has 0 aliphatic carbocycles. The van der Waals surface area contributed by atoms with Gasteiger partial charge in [-0.2, -0.15) is 10.1 Å². The molecule has 0 amide bonds. The molecule has 3 heterocycles. The van der Waals surface area contributed by atoms with Crippen molar-refractivity contribution in [1.29, 1.82) is 0 Å². The second kappa shape index (κ2) is 4.17. The molecule has 0 radical (unpaired) electrons. The average molecular weight is 246 g/mol. The molecule has 94 valence electrons. The van der Waals surface area contributed by atoms with Crippen LogP contribution in [0.5, 0.6) is 5.88 Å². The fourth-order valence-electron chi connectivity index (χ4n) is 2.03. The summed E-state index contributed by atoms with van der Waals surface area (Å²) in [6.07, 6.45) is 5.32. The minimum Gasteiger partial charge on any atom is -0.479 e. The van der Waals surface area contributed by atoms with E-state index in [0.717, 1.165) is 23.6 Å². The number of rotatable bonds is 2. The number of fused-ring (bicyclic) bond motifs is 1. The van der Waals surface area contributed by atoms with Gasteiger partial charge in [-0.3, -0.25) is 4.68 Å². The van der Waals surface area contributed by atoms with E-state index in [0.29, 0.717) is 5.88 Å². The van der Waals surface area contributed by atoms with E-state index in [4.69, 9.17) is 4.74 Å². The molecule has 7 heteroatoms. The first-order chi connectivity index (χ1) is 8.78. The number of nitrogens with one attached hydrogen (secondary N) is 2. The zero-order valence-electron chi connectivity index (χ0n) is 10.2. The predicted octanol–water partition coefficient (Wildman–Crippen LogP) is 0.797. The third kappa shape index (κ3) is 1.73. The van der Waals surface area contributed by atoms with Crippen molar-refractivity contribution in [2.75, 3.05) is 24.3 Å². The molecule has 1 atom stereocenters. The molecule has 0 aromatic carbocycles. The Balaban J connectivity index is 1.89. The summed E-state index contributed by atoms with van der Waals surface area (Å²) in [6.45, 7) is 0.739. The number of hydrogen-bond donors (Lipinski definition) is 2. The molecular formula is C11H14N6O. The van der Waals surface area contributed by atoms with E-state index in [1.54, 1.807) is 11.8 Å². The van der Waals surface area contributed by atoms with Gasteiger partial charge in [0.15, 0.2) is 5.82 Å². The van der Waals surface area contributed by atoms with Crippen LogP contribution in [-0.2, 0) is 7.05 Å². The quantitative estimate of drug-likeness (QED) is 0.816. The molecule has 2 N–H and O–H groups in total. The molecule has 0 bridgehead atoms. The van der Waals surface area contributed by atoms with E-state index in [2.05, 4.69) is 25.7 Å². The smallest absolute Gasteiger partial charge is 0.242 e. The second-order valence-electron chi connectivity index (χ2n) is 4.13. The van der Waals surface area contributed by atoms with Crippen molar-refractivity contribution in [2.45, 2.75) is 6.04 Å². The van der Waals surface area contributed by atoms with E-state index in [1.165, 1.54) is 6.33 Å². The predicted molar refractivity (Wildman–Crippen MR) is 66.6 cm³/mol. The van der Waals surface area contributed by atoms with E-state index >= 15 is 0 Å². The number of methoxy groups -OCH3 is 1. The van der Waals surface area contributed by atoms with Crippen LogP contribution < -0.4 is 15.4 Å². The van der Waals surface area contributed by atoms with Crippen molar-refractivity contribution in [3.63, 3.8) is 0 Å². The highest BCUT2D eigenvalue weighted by Gasteiger charge is 2.23. The van der Waals surface area contributed by atoms with Crippen LogP contribution in [-0.4, -0.2) is 33.4 Å². The minimum atomic E-state index is 0.144. The molecule has 1 aliphatic heterocycles. The van der Waals surface area contributed by atoms with Gasteiger partial charge < -0.3 is 15.4 Å². The molecule has 7 nitrogen and oxygen atoms in total. The third-order valence-corrected chi connectivity index (χ3v) is 2.93. The highest BCUT2D eigenvalue weighted by atomic mass is 16.5. The summed E-state index contributed by atoms with van der Waals surface area (Å²) in [4.78, 5) is 8.28. The molecule has 0 saturated heterocycles. The fourth-order valence-corrected chi connectivity index (χ4v) is 2.03. The number of aromatic nitrogens is 4. The van der Waals surface area contributed by atoms with Crippen LogP contribution >= 0.6 is 0 Å². The summed E-state index contributed by atoms with van der Waals surface area (Å²) >= 11 is 0. The van der Waals surface area contributed by atoms with E-state index in [9.17, 15) is 0 Å². The monoisotopic (exact) mass is 246 g/mol. The lowest BCUT2D eigenvalue weighted by atomic mass is 10.1. The van der Waals surface area contributed by atoms with E-state index < -0.39 is 0 Å². The number of hydrogen-bond acceptors (Lipinski definition) is 6. The molecular weight excluding hydrogens is 232 g/mol.